The molecule has 0 spiro atoms. The number of phenols is 1. The van der Waals surface area contributed by atoms with Crippen LogP contribution in [0.5, 0.6) is 5.75 Å². The molecule has 4 rings (SSSR count). The van der Waals surface area contributed by atoms with Crippen molar-refractivity contribution < 1.29 is 34.6 Å². The largest absolute Gasteiger partial charge is 0.508 e. The highest BCUT2D eigenvalue weighted by Crippen LogP contribution is 2.47. The number of hydrogen-bond donors (Lipinski definition) is 3. The third kappa shape index (κ3) is 6.40. The number of fused-ring (bicyclic) bond motifs is 1. The number of rotatable bonds is 12. The van der Waals surface area contributed by atoms with Crippen molar-refractivity contribution in [3.8, 4) is 5.75 Å². The minimum Gasteiger partial charge on any atom is -0.508 e. The van der Waals surface area contributed by atoms with Crippen molar-refractivity contribution in [3.05, 3.63) is 80.9 Å². The third-order valence-electron chi connectivity index (χ3n) is 7.91. The van der Waals surface area contributed by atoms with Gasteiger partial charge in [-0.15, -0.1) is 0 Å². The van der Waals surface area contributed by atoms with Crippen molar-refractivity contribution in [1.82, 2.24) is 0 Å². The van der Waals surface area contributed by atoms with E-state index in [2.05, 4.69) is 6.92 Å². The zero-order chi connectivity index (χ0) is 29.7. The lowest BCUT2D eigenvalue weighted by Gasteiger charge is -2.36. The molecule has 10 nitrogen and oxygen atoms in total. The topological polar surface area (TPSA) is 150 Å². The number of amides is 2. The highest BCUT2D eigenvalue weighted by Gasteiger charge is 2.55. The fourth-order valence-corrected chi connectivity index (χ4v) is 6.18. The Morgan fingerprint density at radius 1 is 1.17 bits per heavy atom. The number of non-ortho nitro benzene ring substituents is 1. The van der Waals surface area contributed by atoms with Crippen molar-refractivity contribution in [2.24, 2.45) is 17.8 Å². The Labute approximate surface area is 238 Å². The molecule has 10 heteroatoms. The Hall–Kier alpha value is -3.86. The van der Waals surface area contributed by atoms with Crippen LogP contribution in [0.2, 0.25) is 0 Å². The van der Waals surface area contributed by atoms with Gasteiger partial charge in [0.05, 0.1) is 41.8 Å². The smallest absolute Gasteiger partial charge is 0.271 e. The van der Waals surface area contributed by atoms with E-state index in [9.17, 15) is 35.0 Å². The summed E-state index contributed by atoms with van der Waals surface area (Å²) in [6.07, 6.45) is 3.76. The molecule has 3 N–H and O–H groups in total. The fraction of sp³-hybridized carbons (Fsp3) is 0.419. The van der Waals surface area contributed by atoms with Crippen LogP contribution in [0.4, 0.5) is 11.4 Å². The van der Waals surface area contributed by atoms with Gasteiger partial charge in [-0.2, -0.15) is 0 Å². The van der Waals surface area contributed by atoms with Gasteiger partial charge in [0.2, 0.25) is 11.8 Å². The number of aliphatic hydroxyl groups is 2. The van der Waals surface area contributed by atoms with Gasteiger partial charge >= 0.3 is 0 Å². The van der Waals surface area contributed by atoms with Crippen LogP contribution < -0.4 is 4.90 Å². The predicted octanol–water partition coefficient (Wildman–Crippen LogP) is 4.39. The average Bonchev–Trinajstić information content (AvgIpc) is 3.20. The number of methoxy groups -OCH3 is 1. The maximum atomic E-state index is 13.7. The van der Waals surface area contributed by atoms with Crippen LogP contribution in [0, 0.1) is 27.9 Å². The number of imide groups is 1. The molecule has 218 valence electrons. The molecule has 0 bridgehead atoms. The lowest BCUT2D eigenvalue weighted by atomic mass is 9.68. The third-order valence-corrected chi connectivity index (χ3v) is 7.91. The van der Waals surface area contributed by atoms with Crippen LogP contribution in [0.15, 0.2) is 65.3 Å². The minimum absolute atomic E-state index is 0.108. The quantitative estimate of drug-likeness (QED) is 0.149. The lowest BCUT2D eigenvalue weighted by molar-refractivity contribution is -0.384. The van der Waals surface area contributed by atoms with Crippen LogP contribution >= 0.6 is 0 Å². The Morgan fingerprint density at radius 3 is 2.59 bits per heavy atom. The van der Waals surface area contributed by atoms with Gasteiger partial charge in [0.1, 0.15) is 5.75 Å². The number of anilines is 1. The van der Waals surface area contributed by atoms with E-state index in [0.29, 0.717) is 24.0 Å². The minimum atomic E-state index is -0.988. The first kappa shape index (κ1) is 30.1. The molecule has 0 saturated carbocycles. The van der Waals surface area contributed by atoms with Gasteiger partial charge < -0.3 is 20.1 Å². The molecule has 0 unspecified atom stereocenters. The normalized spacial score (nSPS) is 21.8. The molecular formula is C31H36N2O8. The molecule has 2 aliphatic rings. The second-order valence-corrected chi connectivity index (χ2v) is 10.6. The van der Waals surface area contributed by atoms with Crippen LogP contribution in [0.25, 0.3) is 6.08 Å². The number of aromatic hydroxyl groups is 1. The molecule has 0 radical (unpaired) electrons. The standard InChI is InChI=1S/C31H36N2O8/c1-3-6-19(13-20-7-4-10-24(35)14-20)11-12-27(36)28-21(18-41-2)15-25-29(26(28)17-34)31(38)32(30(25)37)22-8-5-9-23(16-22)33(39)40/h4-5,7-10,13-14,16,25-27,29,34-36H,3,6,11-12,15,17-18H2,1-2H3/b19-13+/t25-,26+,27-,29-/m1/s1. The van der Waals surface area contributed by atoms with Gasteiger partial charge in [-0.1, -0.05) is 43.2 Å². The molecule has 1 fully saturated rings. The fourth-order valence-electron chi connectivity index (χ4n) is 6.18. The van der Waals surface area contributed by atoms with E-state index in [1.54, 1.807) is 18.2 Å². The summed E-state index contributed by atoms with van der Waals surface area (Å²) in [5.41, 5.74) is 3.00. The van der Waals surface area contributed by atoms with Crippen molar-refractivity contribution in [1.29, 1.82) is 0 Å². The van der Waals surface area contributed by atoms with Gasteiger partial charge in [-0.05, 0) is 60.6 Å². The summed E-state index contributed by atoms with van der Waals surface area (Å²) in [7, 11) is 1.51. The Kier molecular flexibility index (Phi) is 9.69. The number of carbonyl (C=O) groups excluding carboxylic acids is 2. The van der Waals surface area contributed by atoms with E-state index in [4.69, 9.17) is 4.74 Å². The van der Waals surface area contributed by atoms with Gasteiger partial charge in [0.25, 0.3) is 5.69 Å². The van der Waals surface area contributed by atoms with E-state index >= 15 is 0 Å². The molecular weight excluding hydrogens is 528 g/mol. The van der Waals surface area contributed by atoms with E-state index in [1.807, 2.05) is 12.1 Å². The van der Waals surface area contributed by atoms with Crippen molar-refractivity contribution >= 4 is 29.3 Å². The number of hydrogen-bond acceptors (Lipinski definition) is 8. The van der Waals surface area contributed by atoms with Crippen LogP contribution in [0.1, 0.15) is 44.6 Å². The number of nitro benzene ring substituents is 1. The summed E-state index contributed by atoms with van der Waals surface area (Å²) >= 11 is 0. The van der Waals surface area contributed by atoms with Gasteiger partial charge in [-0.25, -0.2) is 4.90 Å². The summed E-state index contributed by atoms with van der Waals surface area (Å²) in [6.45, 7) is 1.74. The molecule has 1 aliphatic carbocycles. The summed E-state index contributed by atoms with van der Waals surface area (Å²) in [5.74, 6) is -3.35. The second-order valence-electron chi connectivity index (χ2n) is 10.6. The molecule has 2 aromatic rings. The second kappa shape index (κ2) is 13.2. The maximum absolute atomic E-state index is 13.7. The predicted molar refractivity (Wildman–Crippen MR) is 153 cm³/mol. The zero-order valence-electron chi connectivity index (χ0n) is 23.2. The van der Waals surface area contributed by atoms with Gasteiger partial charge in [-0.3, -0.25) is 19.7 Å². The Morgan fingerprint density at radius 2 is 1.93 bits per heavy atom. The van der Waals surface area contributed by atoms with E-state index in [-0.39, 0.29) is 30.2 Å². The lowest BCUT2D eigenvalue weighted by Crippen LogP contribution is -2.39. The number of ether oxygens (including phenoxy) is 1. The van der Waals surface area contributed by atoms with E-state index in [0.717, 1.165) is 28.9 Å². The number of benzene rings is 2. The number of nitro groups is 1. The van der Waals surface area contributed by atoms with Crippen LogP contribution in [-0.2, 0) is 14.3 Å². The molecule has 1 aliphatic heterocycles. The van der Waals surface area contributed by atoms with Crippen molar-refractivity contribution in [2.45, 2.75) is 45.1 Å². The van der Waals surface area contributed by atoms with Crippen molar-refractivity contribution in [2.75, 3.05) is 25.2 Å². The highest BCUT2D eigenvalue weighted by molar-refractivity contribution is 6.22. The highest BCUT2D eigenvalue weighted by atomic mass is 16.6. The molecule has 2 aromatic carbocycles. The number of aliphatic hydroxyl groups excluding tert-OH is 2. The van der Waals surface area contributed by atoms with E-state index < -0.39 is 47.2 Å². The van der Waals surface area contributed by atoms with Gasteiger partial charge in [0.15, 0.2) is 0 Å². The number of carbonyl (C=O) groups is 2. The first-order valence-electron chi connectivity index (χ1n) is 13.8. The number of allylic oxidation sites excluding steroid dienone is 1. The zero-order valence-corrected chi connectivity index (χ0v) is 23.2. The van der Waals surface area contributed by atoms with E-state index in [1.165, 1.54) is 31.4 Å². The summed E-state index contributed by atoms with van der Waals surface area (Å²) in [4.78, 5) is 38.9. The molecule has 2 amide bonds. The Bertz CT molecular complexity index is 1370. The van der Waals surface area contributed by atoms with Crippen molar-refractivity contribution in [3.63, 3.8) is 0 Å². The van der Waals surface area contributed by atoms with Gasteiger partial charge in [0, 0.05) is 25.2 Å². The SMILES string of the molecule is CCC/C(=C\c1cccc(O)c1)CC[C@@H](O)C1=C(COC)C[C@H]2C(=O)N(c3cccc([N+](=O)[O-])c3)C(=O)[C@H]2[C@H]1CO. The number of phenolic OH excluding ortho intramolecular Hbond substituents is 1. The first-order chi connectivity index (χ1) is 19.7. The Balaban J connectivity index is 1.62. The summed E-state index contributed by atoms with van der Waals surface area (Å²) in [6, 6.07) is 12.3. The molecule has 4 atom stereocenters. The summed E-state index contributed by atoms with van der Waals surface area (Å²) in [5, 5.41) is 43.1. The molecule has 41 heavy (non-hydrogen) atoms. The monoisotopic (exact) mass is 564 g/mol. The number of nitrogens with zero attached hydrogens (tertiary/aromatic N) is 2. The maximum Gasteiger partial charge on any atom is 0.271 e. The van der Waals surface area contributed by atoms with Crippen LogP contribution in [0.3, 0.4) is 0 Å². The summed E-state index contributed by atoms with van der Waals surface area (Å²) < 4.78 is 5.40. The van der Waals surface area contributed by atoms with Crippen LogP contribution in [-0.4, -0.2) is 58.5 Å². The first-order valence-corrected chi connectivity index (χ1v) is 13.8. The molecule has 1 saturated heterocycles. The average molecular weight is 565 g/mol. The molecule has 0 aromatic heterocycles. The molecule has 1 heterocycles.